The van der Waals surface area contributed by atoms with E-state index >= 15 is 0 Å². The van der Waals surface area contributed by atoms with Crippen molar-refractivity contribution in [2.75, 3.05) is 6.54 Å². The van der Waals surface area contributed by atoms with Gasteiger partial charge in [0.05, 0.1) is 17.4 Å². The molecule has 0 saturated carbocycles. The molecule has 2 aromatic rings. The van der Waals surface area contributed by atoms with Gasteiger partial charge in [-0.05, 0) is 25.0 Å². The lowest BCUT2D eigenvalue weighted by molar-refractivity contribution is -0.141. The lowest BCUT2D eigenvalue weighted by Crippen LogP contribution is -2.40. The van der Waals surface area contributed by atoms with Crippen LogP contribution in [0.25, 0.3) is 5.69 Å². The first-order valence-corrected chi connectivity index (χ1v) is 7.42. The van der Waals surface area contributed by atoms with Gasteiger partial charge in [0.15, 0.2) is 5.69 Å². The molecule has 132 valence electrons. The molecule has 7 nitrogen and oxygen atoms in total. The number of halogens is 3. The van der Waals surface area contributed by atoms with Gasteiger partial charge in [-0.25, -0.2) is 9.48 Å². The maximum absolute atomic E-state index is 13.1. The smallest absolute Gasteiger partial charge is 0.418 e. The van der Waals surface area contributed by atoms with Crippen molar-refractivity contribution in [3.05, 3.63) is 41.7 Å². The Kier molecular flexibility index (Phi) is 4.19. The van der Waals surface area contributed by atoms with Crippen LogP contribution in [0.3, 0.4) is 0 Å². The second-order valence-corrected chi connectivity index (χ2v) is 5.56. The van der Waals surface area contributed by atoms with E-state index in [4.69, 9.17) is 5.11 Å². The van der Waals surface area contributed by atoms with Gasteiger partial charge >= 0.3 is 12.1 Å². The second-order valence-electron chi connectivity index (χ2n) is 5.56. The molecule has 1 aromatic heterocycles. The monoisotopic (exact) mass is 354 g/mol. The predicted molar refractivity (Wildman–Crippen MR) is 78.1 cm³/mol. The minimum absolute atomic E-state index is 0.204. The zero-order valence-electron chi connectivity index (χ0n) is 12.8. The predicted octanol–water partition coefficient (Wildman–Crippen LogP) is 1.98. The third kappa shape index (κ3) is 3.19. The Hall–Kier alpha value is -2.91. The summed E-state index contributed by atoms with van der Waals surface area (Å²) in [5.41, 5.74) is -1.38. The molecule has 0 radical (unpaired) electrons. The normalized spacial score (nSPS) is 17.7. The zero-order chi connectivity index (χ0) is 18.2. The van der Waals surface area contributed by atoms with Crippen molar-refractivity contribution >= 4 is 11.9 Å². The van der Waals surface area contributed by atoms with Crippen molar-refractivity contribution in [2.45, 2.75) is 25.1 Å². The summed E-state index contributed by atoms with van der Waals surface area (Å²) in [4.78, 5) is 24.7. The van der Waals surface area contributed by atoms with E-state index in [0.29, 0.717) is 12.8 Å². The molecule has 1 fully saturated rings. The van der Waals surface area contributed by atoms with Crippen LogP contribution in [0.1, 0.15) is 28.9 Å². The second kappa shape index (κ2) is 6.19. The number of carbonyl (C=O) groups excluding carboxylic acids is 1. The Morgan fingerprint density at radius 3 is 2.64 bits per heavy atom. The lowest BCUT2D eigenvalue weighted by atomic mass is 10.1. The van der Waals surface area contributed by atoms with Gasteiger partial charge in [0.25, 0.3) is 5.91 Å². The largest absolute Gasteiger partial charge is 0.480 e. The van der Waals surface area contributed by atoms with E-state index in [0.717, 1.165) is 21.8 Å². The highest BCUT2D eigenvalue weighted by Gasteiger charge is 2.36. The fraction of sp³-hybridized carbons (Fsp3) is 0.333. The molecular weight excluding hydrogens is 341 g/mol. The van der Waals surface area contributed by atoms with Gasteiger partial charge in [0, 0.05) is 6.54 Å². The van der Waals surface area contributed by atoms with E-state index in [1.807, 2.05) is 0 Å². The number of carboxylic acid groups (broad SMARTS) is 1. The van der Waals surface area contributed by atoms with Gasteiger partial charge in [0.2, 0.25) is 0 Å². The van der Waals surface area contributed by atoms with E-state index < -0.39 is 29.7 Å². The number of benzene rings is 1. The number of carboxylic acids is 1. The maximum atomic E-state index is 13.1. The number of rotatable bonds is 3. The molecule has 1 unspecified atom stereocenters. The number of para-hydroxylation sites is 1. The molecule has 1 N–H and O–H groups in total. The summed E-state index contributed by atoms with van der Waals surface area (Å²) in [7, 11) is 0. The lowest BCUT2D eigenvalue weighted by Gasteiger charge is -2.19. The van der Waals surface area contributed by atoms with Gasteiger partial charge in [-0.3, -0.25) is 4.79 Å². The third-order valence-electron chi connectivity index (χ3n) is 3.97. The number of hydrogen-bond acceptors (Lipinski definition) is 4. The molecule has 0 spiro atoms. The van der Waals surface area contributed by atoms with Crippen molar-refractivity contribution in [2.24, 2.45) is 0 Å². The first-order chi connectivity index (χ1) is 11.8. The van der Waals surface area contributed by atoms with Gasteiger partial charge < -0.3 is 10.0 Å². The Bertz CT molecular complexity index is 818. The Labute approximate surface area is 139 Å². The number of carbonyl (C=O) groups is 2. The van der Waals surface area contributed by atoms with Crippen LogP contribution in [0.5, 0.6) is 0 Å². The summed E-state index contributed by atoms with van der Waals surface area (Å²) >= 11 is 0. The number of likely N-dealkylation sites (tertiary alicyclic amines) is 1. The summed E-state index contributed by atoms with van der Waals surface area (Å²) in [6, 6.07) is 3.81. The van der Waals surface area contributed by atoms with E-state index in [9.17, 15) is 22.8 Å². The summed E-state index contributed by atoms with van der Waals surface area (Å²) in [5.74, 6) is -1.79. The highest BCUT2D eigenvalue weighted by atomic mass is 19.4. The molecule has 1 atom stereocenters. The van der Waals surface area contributed by atoms with E-state index in [1.165, 1.54) is 18.2 Å². The molecule has 1 aliphatic heterocycles. The highest BCUT2D eigenvalue weighted by molar-refractivity contribution is 5.95. The number of hydrogen-bond donors (Lipinski definition) is 1. The highest BCUT2D eigenvalue weighted by Crippen LogP contribution is 2.33. The number of nitrogens with zero attached hydrogens (tertiary/aromatic N) is 4. The molecule has 0 aliphatic carbocycles. The zero-order valence-corrected chi connectivity index (χ0v) is 12.8. The molecule has 3 rings (SSSR count). The molecule has 1 amide bonds. The Morgan fingerprint density at radius 2 is 1.96 bits per heavy atom. The standard InChI is InChI=1S/C15H13F3N4O3/c16-15(17,18)9-4-1-2-5-11(9)22-8-10(19-20-22)13(23)21-7-3-6-12(21)14(24)25/h1-2,4-5,8,12H,3,6-7H2,(H,24,25). The van der Waals surface area contributed by atoms with Crippen LogP contribution in [0.15, 0.2) is 30.5 Å². The van der Waals surface area contributed by atoms with Gasteiger partial charge in [-0.1, -0.05) is 17.3 Å². The molecule has 1 saturated heterocycles. The van der Waals surface area contributed by atoms with Gasteiger partial charge in [-0.15, -0.1) is 5.10 Å². The topological polar surface area (TPSA) is 88.3 Å². The molecule has 10 heteroatoms. The van der Waals surface area contributed by atoms with Crippen LogP contribution in [-0.2, 0) is 11.0 Å². The first-order valence-electron chi connectivity index (χ1n) is 7.42. The fourth-order valence-electron chi connectivity index (χ4n) is 2.81. The van der Waals surface area contributed by atoms with E-state index in [1.54, 1.807) is 0 Å². The summed E-state index contributed by atoms with van der Waals surface area (Å²) in [6.45, 7) is 0.252. The molecule has 1 aromatic carbocycles. The number of aliphatic carboxylic acids is 1. The van der Waals surface area contributed by atoms with Crippen LogP contribution < -0.4 is 0 Å². The quantitative estimate of drug-likeness (QED) is 0.910. The summed E-state index contributed by atoms with van der Waals surface area (Å²) < 4.78 is 40.1. The summed E-state index contributed by atoms with van der Waals surface area (Å²) in [5, 5.41) is 16.3. The maximum Gasteiger partial charge on any atom is 0.418 e. The van der Waals surface area contributed by atoms with Crippen molar-refractivity contribution in [1.82, 2.24) is 19.9 Å². The van der Waals surface area contributed by atoms with E-state index in [2.05, 4.69) is 10.3 Å². The minimum atomic E-state index is -4.59. The van der Waals surface area contributed by atoms with Crippen molar-refractivity contribution in [1.29, 1.82) is 0 Å². The van der Waals surface area contributed by atoms with Gasteiger partial charge in [0.1, 0.15) is 6.04 Å². The first kappa shape index (κ1) is 16.9. The fourth-order valence-corrected chi connectivity index (χ4v) is 2.81. The minimum Gasteiger partial charge on any atom is -0.480 e. The SMILES string of the molecule is O=C(O)C1CCCN1C(=O)c1cn(-c2ccccc2C(F)(F)F)nn1. The van der Waals surface area contributed by atoms with E-state index in [-0.39, 0.29) is 17.9 Å². The van der Waals surface area contributed by atoms with Crippen LogP contribution in [0, 0.1) is 0 Å². The molecule has 0 bridgehead atoms. The molecule has 1 aliphatic rings. The molecule has 2 heterocycles. The van der Waals surface area contributed by atoms with Crippen LogP contribution in [0.4, 0.5) is 13.2 Å². The molecule has 25 heavy (non-hydrogen) atoms. The summed E-state index contributed by atoms with van der Waals surface area (Å²) in [6.07, 6.45) is -2.65. The van der Waals surface area contributed by atoms with Crippen molar-refractivity contribution in [3.8, 4) is 5.69 Å². The van der Waals surface area contributed by atoms with Crippen LogP contribution in [0.2, 0.25) is 0 Å². The average molecular weight is 354 g/mol. The Balaban J connectivity index is 1.91. The van der Waals surface area contributed by atoms with Gasteiger partial charge in [-0.2, -0.15) is 13.2 Å². The average Bonchev–Trinajstić information content (AvgIpc) is 3.23. The third-order valence-corrected chi connectivity index (χ3v) is 3.97. The number of alkyl halides is 3. The van der Waals surface area contributed by atoms with Crippen molar-refractivity contribution < 1.29 is 27.9 Å². The number of amides is 1. The van der Waals surface area contributed by atoms with Crippen LogP contribution in [-0.4, -0.2) is 49.5 Å². The van der Waals surface area contributed by atoms with Crippen LogP contribution >= 0.6 is 0 Å². The van der Waals surface area contributed by atoms with Crippen molar-refractivity contribution in [3.63, 3.8) is 0 Å². The molecular formula is C15H13F3N4O3. The Morgan fingerprint density at radius 1 is 1.24 bits per heavy atom. The number of aromatic nitrogens is 3.